The van der Waals surface area contributed by atoms with Crippen LogP contribution in [0.3, 0.4) is 0 Å². The summed E-state index contributed by atoms with van der Waals surface area (Å²) in [6.07, 6.45) is 0. The minimum Gasteiger partial charge on any atom is -0.378 e. The van der Waals surface area contributed by atoms with Gasteiger partial charge in [-0.1, -0.05) is 29.8 Å². The van der Waals surface area contributed by atoms with E-state index in [2.05, 4.69) is 5.32 Å². The summed E-state index contributed by atoms with van der Waals surface area (Å²) in [7, 11) is 0. The molecular weight excluding hydrogens is 249 g/mol. The van der Waals surface area contributed by atoms with E-state index < -0.39 is 0 Å². The SMILES string of the molecule is Cc1cc(Cl)ccc1NC(C)c1ccccc1F. The number of halogens is 2. The molecule has 0 aliphatic heterocycles. The van der Waals surface area contributed by atoms with E-state index in [9.17, 15) is 4.39 Å². The van der Waals surface area contributed by atoms with Crippen LogP contribution in [0.5, 0.6) is 0 Å². The fourth-order valence-electron chi connectivity index (χ4n) is 1.93. The third-order valence-electron chi connectivity index (χ3n) is 2.93. The maximum Gasteiger partial charge on any atom is 0.128 e. The van der Waals surface area contributed by atoms with Crippen LogP contribution < -0.4 is 5.32 Å². The molecule has 3 heteroatoms. The van der Waals surface area contributed by atoms with Crippen LogP contribution in [0.15, 0.2) is 42.5 Å². The first kappa shape index (κ1) is 12.9. The lowest BCUT2D eigenvalue weighted by molar-refractivity contribution is 0.600. The van der Waals surface area contributed by atoms with E-state index in [1.54, 1.807) is 12.1 Å². The van der Waals surface area contributed by atoms with Crippen molar-refractivity contribution in [2.75, 3.05) is 5.32 Å². The molecule has 0 fully saturated rings. The number of rotatable bonds is 3. The Morgan fingerprint density at radius 2 is 1.89 bits per heavy atom. The van der Waals surface area contributed by atoms with Crippen molar-refractivity contribution in [1.82, 2.24) is 0 Å². The van der Waals surface area contributed by atoms with Gasteiger partial charge >= 0.3 is 0 Å². The quantitative estimate of drug-likeness (QED) is 0.825. The van der Waals surface area contributed by atoms with Crippen molar-refractivity contribution in [3.8, 4) is 0 Å². The van der Waals surface area contributed by atoms with E-state index in [-0.39, 0.29) is 11.9 Å². The minimum absolute atomic E-state index is 0.0916. The van der Waals surface area contributed by atoms with Crippen molar-refractivity contribution in [2.24, 2.45) is 0 Å². The molecule has 0 bridgehead atoms. The Kier molecular flexibility index (Phi) is 3.87. The molecule has 1 N–H and O–H groups in total. The molecule has 0 aliphatic rings. The molecule has 0 saturated heterocycles. The highest BCUT2D eigenvalue weighted by atomic mass is 35.5. The van der Waals surface area contributed by atoms with Crippen LogP contribution in [0, 0.1) is 12.7 Å². The number of hydrogen-bond donors (Lipinski definition) is 1. The van der Waals surface area contributed by atoms with Crippen LogP contribution in [0.25, 0.3) is 0 Å². The van der Waals surface area contributed by atoms with Crippen LogP contribution in [-0.4, -0.2) is 0 Å². The van der Waals surface area contributed by atoms with E-state index in [0.29, 0.717) is 10.6 Å². The van der Waals surface area contributed by atoms with Gasteiger partial charge in [0.2, 0.25) is 0 Å². The fourth-order valence-corrected chi connectivity index (χ4v) is 2.15. The molecule has 1 unspecified atom stereocenters. The molecule has 0 aliphatic carbocycles. The summed E-state index contributed by atoms with van der Waals surface area (Å²) in [4.78, 5) is 0. The Hall–Kier alpha value is -1.54. The van der Waals surface area contributed by atoms with E-state index in [4.69, 9.17) is 11.6 Å². The third kappa shape index (κ3) is 2.82. The smallest absolute Gasteiger partial charge is 0.128 e. The number of nitrogens with one attached hydrogen (secondary N) is 1. The Balaban J connectivity index is 2.21. The monoisotopic (exact) mass is 263 g/mol. The molecule has 2 aromatic carbocycles. The molecule has 2 rings (SSSR count). The summed E-state index contributed by atoms with van der Waals surface area (Å²) >= 11 is 5.91. The standard InChI is InChI=1S/C15H15ClFN/c1-10-9-12(16)7-8-15(10)18-11(2)13-5-3-4-6-14(13)17/h3-9,11,18H,1-2H3. The summed E-state index contributed by atoms with van der Waals surface area (Å²) < 4.78 is 13.6. The van der Waals surface area contributed by atoms with Gasteiger partial charge in [0.1, 0.15) is 5.82 Å². The minimum atomic E-state index is -0.191. The first-order valence-electron chi connectivity index (χ1n) is 5.85. The van der Waals surface area contributed by atoms with Crippen LogP contribution in [-0.2, 0) is 0 Å². The maximum absolute atomic E-state index is 13.6. The second kappa shape index (κ2) is 5.40. The first-order valence-corrected chi connectivity index (χ1v) is 6.23. The summed E-state index contributed by atoms with van der Waals surface area (Å²) in [5.74, 6) is -0.191. The number of benzene rings is 2. The number of anilines is 1. The van der Waals surface area contributed by atoms with E-state index in [1.165, 1.54) is 6.07 Å². The van der Waals surface area contributed by atoms with Crippen LogP contribution in [0.4, 0.5) is 10.1 Å². The van der Waals surface area contributed by atoms with Crippen LogP contribution in [0.2, 0.25) is 5.02 Å². The first-order chi connectivity index (χ1) is 8.58. The third-order valence-corrected chi connectivity index (χ3v) is 3.17. The topological polar surface area (TPSA) is 12.0 Å². The van der Waals surface area contributed by atoms with Gasteiger partial charge in [-0.25, -0.2) is 4.39 Å². The van der Waals surface area contributed by atoms with Crippen molar-refractivity contribution in [3.05, 3.63) is 64.4 Å². The molecule has 18 heavy (non-hydrogen) atoms. The van der Waals surface area contributed by atoms with Gasteiger partial charge < -0.3 is 5.32 Å². The molecule has 0 amide bonds. The van der Waals surface area contributed by atoms with Gasteiger partial charge in [0.15, 0.2) is 0 Å². The number of aryl methyl sites for hydroxylation is 1. The Labute approximate surface area is 112 Å². The van der Waals surface area contributed by atoms with Gasteiger partial charge in [-0.2, -0.15) is 0 Å². The Bertz CT molecular complexity index is 554. The molecule has 1 nitrogen and oxygen atoms in total. The summed E-state index contributed by atoms with van der Waals surface area (Å²) in [6, 6.07) is 12.3. The van der Waals surface area contributed by atoms with E-state index in [0.717, 1.165) is 11.3 Å². The Morgan fingerprint density at radius 1 is 1.17 bits per heavy atom. The predicted molar refractivity (Wildman–Crippen MR) is 74.6 cm³/mol. The average molecular weight is 264 g/mol. The van der Waals surface area contributed by atoms with Crippen molar-refractivity contribution in [2.45, 2.75) is 19.9 Å². The molecule has 1 atom stereocenters. The molecule has 0 aromatic heterocycles. The Morgan fingerprint density at radius 3 is 2.56 bits per heavy atom. The predicted octanol–water partition coefficient (Wildman–Crippen LogP) is 4.96. The highest BCUT2D eigenvalue weighted by molar-refractivity contribution is 6.30. The van der Waals surface area contributed by atoms with Crippen molar-refractivity contribution in [1.29, 1.82) is 0 Å². The van der Waals surface area contributed by atoms with Gasteiger partial charge in [0, 0.05) is 16.3 Å². The molecule has 94 valence electrons. The van der Waals surface area contributed by atoms with E-state index >= 15 is 0 Å². The van der Waals surface area contributed by atoms with Crippen LogP contribution in [0.1, 0.15) is 24.1 Å². The second-order valence-electron chi connectivity index (χ2n) is 4.35. The van der Waals surface area contributed by atoms with Crippen LogP contribution >= 0.6 is 11.6 Å². The molecule has 2 aromatic rings. The van der Waals surface area contributed by atoms with Crippen molar-refractivity contribution >= 4 is 17.3 Å². The lowest BCUT2D eigenvalue weighted by Crippen LogP contribution is -2.09. The lowest BCUT2D eigenvalue weighted by atomic mass is 10.1. The number of hydrogen-bond acceptors (Lipinski definition) is 1. The average Bonchev–Trinajstić information content (AvgIpc) is 2.33. The fraction of sp³-hybridized carbons (Fsp3) is 0.200. The van der Waals surface area contributed by atoms with Gasteiger partial charge in [-0.15, -0.1) is 0 Å². The summed E-state index contributed by atoms with van der Waals surface area (Å²) in [5.41, 5.74) is 2.67. The van der Waals surface area contributed by atoms with E-state index in [1.807, 2.05) is 38.1 Å². The summed E-state index contributed by atoms with van der Waals surface area (Å²) in [5, 5.41) is 4.00. The lowest BCUT2D eigenvalue weighted by Gasteiger charge is -2.18. The second-order valence-corrected chi connectivity index (χ2v) is 4.78. The maximum atomic E-state index is 13.6. The highest BCUT2D eigenvalue weighted by Crippen LogP contribution is 2.25. The van der Waals surface area contributed by atoms with Crippen molar-refractivity contribution < 1.29 is 4.39 Å². The molecule has 0 radical (unpaired) electrons. The zero-order valence-corrected chi connectivity index (χ0v) is 11.1. The zero-order valence-electron chi connectivity index (χ0n) is 10.4. The molecule has 0 saturated carbocycles. The van der Waals surface area contributed by atoms with Gasteiger partial charge in [0.25, 0.3) is 0 Å². The highest BCUT2D eigenvalue weighted by Gasteiger charge is 2.10. The summed E-state index contributed by atoms with van der Waals surface area (Å²) in [6.45, 7) is 3.91. The largest absolute Gasteiger partial charge is 0.378 e. The molecule has 0 spiro atoms. The zero-order chi connectivity index (χ0) is 13.1. The normalized spacial score (nSPS) is 12.2. The van der Waals surface area contributed by atoms with Gasteiger partial charge in [-0.3, -0.25) is 0 Å². The molecular formula is C15H15ClFN. The van der Waals surface area contributed by atoms with Gasteiger partial charge in [-0.05, 0) is 43.7 Å². The van der Waals surface area contributed by atoms with Gasteiger partial charge in [0.05, 0.1) is 6.04 Å². The molecule has 0 heterocycles. The van der Waals surface area contributed by atoms with Crippen molar-refractivity contribution in [3.63, 3.8) is 0 Å².